The summed E-state index contributed by atoms with van der Waals surface area (Å²) in [5, 5.41) is 0. The average Bonchev–Trinajstić information content (AvgIpc) is 2.18. The highest BCUT2D eigenvalue weighted by Gasteiger charge is 2.06. The van der Waals surface area contributed by atoms with Crippen molar-refractivity contribution in [3.05, 3.63) is 35.4 Å². The molecule has 0 fully saturated rings. The first kappa shape index (κ1) is 11.3. The Morgan fingerprint density at radius 1 is 1.21 bits per heavy atom. The van der Waals surface area contributed by atoms with E-state index in [0.29, 0.717) is 0 Å². The lowest BCUT2D eigenvalue weighted by Gasteiger charge is -2.14. The maximum atomic E-state index is 6.14. The molecule has 0 spiro atoms. The van der Waals surface area contributed by atoms with Gasteiger partial charge in [-0.3, -0.25) is 0 Å². The summed E-state index contributed by atoms with van der Waals surface area (Å²) in [5.41, 5.74) is 8.76. The minimum Gasteiger partial charge on any atom is -0.324 e. The van der Waals surface area contributed by atoms with Crippen LogP contribution in [0.4, 0.5) is 0 Å². The smallest absolute Gasteiger partial charge is 0.0297 e. The molecule has 0 aromatic heterocycles. The van der Waals surface area contributed by atoms with Crippen LogP contribution in [0.15, 0.2) is 24.3 Å². The zero-order chi connectivity index (χ0) is 10.4. The first-order valence-electron chi connectivity index (χ1n) is 5.56. The molecule has 1 unspecified atom stereocenters. The summed E-state index contributed by atoms with van der Waals surface area (Å²) in [6, 6.07) is 8.64. The van der Waals surface area contributed by atoms with Gasteiger partial charge in [0.1, 0.15) is 0 Å². The van der Waals surface area contributed by atoms with E-state index in [2.05, 4.69) is 38.1 Å². The molecule has 0 bridgehead atoms. The number of benzene rings is 1. The number of hydrogen-bond acceptors (Lipinski definition) is 1. The van der Waals surface area contributed by atoms with Crippen molar-refractivity contribution in [2.24, 2.45) is 5.73 Å². The molecule has 1 aromatic carbocycles. The molecule has 1 atom stereocenters. The van der Waals surface area contributed by atoms with Gasteiger partial charge in [-0.1, -0.05) is 50.5 Å². The fourth-order valence-corrected chi connectivity index (χ4v) is 1.77. The van der Waals surface area contributed by atoms with E-state index in [1.54, 1.807) is 0 Å². The van der Waals surface area contributed by atoms with E-state index in [9.17, 15) is 0 Å². The molecule has 0 heterocycles. The molecule has 1 nitrogen and oxygen atoms in total. The highest BCUT2D eigenvalue weighted by molar-refractivity contribution is 5.28. The van der Waals surface area contributed by atoms with Crippen LogP contribution in [0.25, 0.3) is 0 Å². The van der Waals surface area contributed by atoms with Gasteiger partial charge < -0.3 is 5.73 Å². The largest absolute Gasteiger partial charge is 0.324 e. The van der Waals surface area contributed by atoms with Crippen LogP contribution < -0.4 is 5.73 Å². The number of aryl methyl sites for hydroxylation is 1. The Labute approximate surface area is 87.3 Å². The molecule has 0 radical (unpaired) electrons. The van der Waals surface area contributed by atoms with Gasteiger partial charge in [0.25, 0.3) is 0 Å². The van der Waals surface area contributed by atoms with Crippen molar-refractivity contribution in [3.63, 3.8) is 0 Å². The van der Waals surface area contributed by atoms with Gasteiger partial charge in [0.15, 0.2) is 0 Å². The van der Waals surface area contributed by atoms with Crippen molar-refractivity contribution in [3.8, 4) is 0 Å². The van der Waals surface area contributed by atoms with Crippen LogP contribution in [0.5, 0.6) is 0 Å². The van der Waals surface area contributed by atoms with Gasteiger partial charge in [0.05, 0.1) is 0 Å². The summed E-state index contributed by atoms with van der Waals surface area (Å²) in [5.74, 6) is 0. The molecular weight excluding hydrogens is 170 g/mol. The van der Waals surface area contributed by atoms with Gasteiger partial charge >= 0.3 is 0 Å². The third-order valence-corrected chi connectivity index (χ3v) is 2.71. The normalized spacial score (nSPS) is 12.8. The summed E-state index contributed by atoms with van der Waals surface area (Å²) in [7, 11) is 0. The minimum atomic E-state index is 0.225. The van der Waals surface area contributed by atoms with Crippen LogP contribution in [-0.4, -0.2) is 0 Å². The van der Waals surface area contributed by atoms with E-state index in [4.69, 9.17) is 5.73 Å². The van der Waals surface area contributed by atoms with E-state index >= 15 is 0 Å². The second kappa shape index (κ2) is 5.82. The fraction of sp³-hybridized carbons (Fsp3) is 0.538. The summed E-state index contributed by atoms with van der Waals surface area (Å²) < 4.78 is 0. The van der Waals surface area contributed by atoms with Crippen LogP contribution in [0.2, 0.25) is 0 Å². The van der Waals surface area contributed by atoms with E-state index in [1.165, 1.54) is 30.4 Å². The van der Waals surface area contributed by atoms with Gasteiger partial charge in [-0.25, -0.2) is 0 Å². The number of rotatable bonds is 5. The number of hydrogen-bond donors (Lipinski definition) is 1. The van der Waals surface area contributed by atoms with Gasteiger partial charge in [0, 0.05) is 6.04 Å². The monoisotopic (exact) mass is 191 g/mol. The van der Waals surface area contributed by atoms with Gasteiger partial charge in [-0.2, -0.15) is 0 Å². The summed E-state index contributed by atoms with van der Waals surface area (Å²) >= 11 is 0. The zero-order valence-corrected chi connectivity index (χ0v) is 9.29. The first-order valence-corrected chi connectivity index (χ1v) is 5.56. The third-order valence-electron chi connectivity index (χ3n) is 2.71. The minimum absolute atomic E-state index is 0.225. The van der Waals surface area contributed by atoms with Crippen molar-refractivity contribution in [2.75, 3.05) is 0 Å². The molecule has 1 heteroatoms. The maximum absolute atomic E-state index is 6.14. The Bertz CT molecular complexity index is 268. The lowest BCUT2D eigenvalue weighted by molar-refractivity contribution is 0.579. The second-order valence-corrected chi connectivity index (χ2v) is 3.96. The van der Waals surface area contributed by atoms with Crippen molar-refractivity contribution >= 4 is 0 Å². The molecule has 0 aliphatic heterocycles. The second-order valence-electron chi connectivity index (χ2n) is 3.96. The molecule has 1 rings (SSSR count). The lowest BCUT2D eigenvalue weighted by atomic mass is 9.97. The van der Waals surface area contributed by atoms with Crippen molar-refractivity contribution < 1.29 is 0 Å². The number of unbranched alkanes of at least 4 members (excludes halogenated alkanes) is 2. The Morgan fingerprint density at radius 3 is 2.57 bits per heavy atom. The quantitative estimate of drug-likeness (QED) is 0.707. The van der Waals surface area contributed by atoms with Crippen molar-refractivity contribution in [1.82, 2.24) is 0 Å². The molecular formula is C13H21N. The summed E-state index contributed by atoms with van der Waals surface area (Å²) in [6.45, 7) is 4.36. The summed E-state index contributed by atoms with van der Waals surface area (Å²) in [4.78, 5) is 0. The van der Waals surface area contributed by atoms with Gasteiger partial charge in [-0.05, 0) is 24.5 Å². The predicted molar refractivity (Wildman–Crippen MR) is 62.2 cm³/mol. The Morgan fingerprint density at radius 2 is 1.93 bits per heavy atom. The predicted octanol–water partition coefficient (Wildman–Crippen LogP) is 3.58. The topological polar surface area (TPSA) is 26.0 Å². The standard InChI is InChI=1S/C13H21N/c1-3-4-5-10-13(14)12-9-7-6-8-11(12)2/h6-9,13H,3-5,10,14H2,1-2H3. The van der Waals surface area contributed by atoms with Crippen molar-refractivity contribution in [2.45, 2.75) is 45.6 Å². The lowest BCUT2D eigenvalue weighted by Crippen LogP contribution is -2.11. The maximum Gasteiger partial charge on any atom is 0.0297 e. The summed E-state index contributed by atoms with van der Waals surface area (Å²) in [6.07, 6.45) is 4.91. The van der Waals surface area contributed by atoms with E-state index in [-0.39, 0.29) is 6.04 Å². The highest BCUT2D eigenvalue weighted by Crippen LogP contribution is 2.20. The SMILES string of the molecule is CCCCCC(N)c1ccccc1C. The Balaban J connectivity index is 2.51. The van der Waals surface area contributed by atoms with Gasteiger partial charge in [0.2, 0.25) is 0 Å². The van der Waals surface area contributed by atoms with Crippen molar-refractivity contribution in [1.29, 1.82) is 0 Å². The molecule has 0 amide bonds. The third kappa shape index (κ3) is 3.15. The molecule has 0 saturated heterocycles. The molecule has 78 valence electrons. The molecule has 14 heavy (non-hydrogen) atoms. The van der Waals surface area contributed by atoms with Crippen LogP contribution in [0.1, 0.15) is 49.8 Å². The van der Waals surface area contributed by atoms with Crippen LogP contribution in [-0.2, 0) is 0 Å². The van der Waals surface area contributed by atoms with Crippen LogP contribution in [0, 0.1) is 6.92 Å². The van der Waals surface area contributed by atoms with E-state index in [0.717, 1.165) is 6.42 Å². The van der Waals surface area contributed by atoms with E-state index < -0.39 is 0 Å². The average molecular weight is 191 g/mol. The Kier molecular flexibility index (Phi) is 4.68. The van der Waals surface area contributed by atoms with Gasteiger partial charge in [-0.15, -0.1) is 0 Å². The Hall–Kier alpha value is -0.820. The highest BCUT2D eigenvalue weighted by atomic mass is 14.6. The van der Waals surface area contributed by atoms with Crippen LogP contribution in [0.3, 0.4) is 0 Å². The van der Waals surface area contributed by atoms with E-state index in [1.807, 2.05) is 0 Å². The van der Waals surface area contributed by atoms with Crippen LogP contribution >= 0.6 is 0 Å². The molecule has 2 N–H and O–H groups in total. The fourth-order valence-electron chi connectivity index (χ4n) is 1.77. The molecule has 0 aliphatic rings. The zero-order valence-electron chi connectivity index (χ0n) is 9.29. The number of nitrogens with two attached hydrogens (primary N) is 1. The molecule has 1 aromatic rings. The molecule has 0 aliphatic carbocycles. The molecule has 0 saturated carbocycles. The first-order chi connectivity index (χ1) is 6.75.